The number of carbonyl (C=O) groups is 3. The van der Waals surface area contributed by atoms with Gasteiger partial charge >= 0.3 is 5.97 Å². The number of aromatic carboxylic acids is 1. The third-order valence-corrected chi connectivity index (χ3v) is 3.81. The van der Waals surface area contributed by atoms with Crippen LogP contribution in [0, 0.1) is 6.92 Å². The van der Waals surface area contributed by atoms with Crippen LogP contribution in [-0.2, 0) is 9.59 Å². The Labute approximate surface area is 107 Å². The largest absolute Gasteiger partial charge is 0.477 e. The van der Waals surface area contributed by atoms with Crippen LogP contribution in [0.25, 0.3) is 0 Å². The summed E-state index contributed by atoms with van der Waals surface area (Å²) in [5, 5.41) is 14.6. The molecule has 6 nitrogen and oxygen atoms in total. The number of rotatable bonds is 3. The predicted molar refractivity (Wildman–Crippen MR) is 65.8 cm³/mol. The molecule has 0 saturated carbocycles. The molecule has 1 fully saturated rings. The summed E-state index contributed by atoms with van der Waals surface area (Å²) in [6.07, 6.45) is 0.822. The molecule has 0 spiro atoms. The van der Waals surface area contributed by atoms with Gasteiger partial charge in [-0.15, -0.1) is 11.3 Å². The van der Waals surface area contributed by atoms with E-state index in [1.54, 1.807) is 13.0 Å². The number of thiophene rings is 1. The molecule has 3 N–H and O–H groups in total. The molecule has 0 aromatic carbocycles. The zero-order valence-electron chi connectivity index (χ0n) is 9.65. The van der Waals surface area contributed by atoms with Crippen LogP contribution in [0.4, 0.5) is 5.00 Å². The number of anilines is 1. The number of nitrogens with one attached hydrogen (secondary N) is 2. The second-order valence-electron chi connectivity index (χ2n) is 4.08. The van der Waals surface area contributed by atoms with Crippen molar-refractivity contribution in [3.63, 3.8) is 0 Å². The van der Waals surface area contributed by atoms with E-state index in [0.717, 1.165) is 11.3 Å². The van der Waals surface area contributed by atoms with Crippen molar-refractivity contribution in [3.05, 3.63) is 16.5 Å². The molecule has 1 unspecified atom stereocenters. The number of hydrogen-bond acceptors (Lipinski definition) is 4. The molecule has 1 aliphatic rings. The first-order valence-corrected chi connectivity index (χ1v) is 6.23. The van der Waals surface area contributed by atoms with Gasteiger partial charge < -0.3 is 15.7 Å². The standard InChI is InChI=1S/C11H12N2O4S/c1-5-4-8(18-9(5)11(16)17)13-10(15)6-2-3-7(14)12-6/h4,6H,2-3H2,1H3,(H,12,14)(H,13,15)(H,16,17). The molecule has 0 bridgehead atoms. The van der Waals surface area contributed by atoms with Crippen molar-refractivity contribution >= 4 is 34.1 Å². The summed E-state index contributed by atoms with van der Waals surface area (Å²) >= 11 is 1.01. The summed E-state index contributed by atoms with van der Waals surface area (Å²) in [7, 11) is 0. The first kappa shape index (κ1) is 12.6. The van der Waals surface area contributed by atoms with Gasteiger partial charge in [-0.25, -0.2) is 4.79 Å². The second-order valence-corrected chi connectivity index (χ2v) is 5.13. The van der Waals surface area contributed by atoms with Crippen LogP contribution < -0.4 is 10.6 Å². The molecule has 1 aromatic rings. The number of carbonyl (C=O) groups excluding carboxylic acids is 2. The van der Waals surface area contributed by atoms with Gasteiger partial charge in [-0.05, 0) is 25.0 Å². The molecule has 18 heavy (non-hydrogen) atoms. The zero-order chi connectivity index (χ0) is 13.3. The van der Waals surface area contributed by atoms with E-state index in [4.69, 9.17) is 5.11 Å². The van der Waals surface area contributed by atoms with Crippen molar-refractivity contribution in [2.75, 3.05) is 5.32 Å². The van der Waals surface area contributed by atoms with Crippen molar-refractivity contribution in [2.45, 2.75) is 25.8 Å². The number of carboxylic acid groups (broad SMARTS) is 1. The van der Waals surface area contributed by atoms with Gasteiger partial charge in [0.2, 0.25) is 11.8 Å². The summed E-state index contributed by atoms with van der Waals surface area (Å²) in [5.74, 6) is -1.45. The third-order valence-electron chi connectivity index (χ3n) is 2.67. The first-order valence-electron chi connectivity index (χ1n) is 5.41. The van der Waals surface area contributed by atoms with Gasteiger partial charge in [0.05, 0.1) is 5.00 Å². The molecule has 96 valence electrons. The summed E-state index contributed by atoms with van der Waals surface area (Å²) in [5.41, 5.74) is 0.609. The van der Waals surface area contributed by atoms with Crippen LogP contribution in [-0.4, -0.2) is 28.9 Å². The van der Waals surface area contributed by atoms with Crippen molar-refractivity contribution in [1.82, 2.24) is 5.32 Å². The predicted octanol–water partition coefficient (Wildman–Crippen LogP) is 0.972. The minimum absolute atomic E-state index is 0.135. The van der Waals surface area contributed by atoms with E-state index in [2.05, 4.69) is 10.6 Å². The highest BCUT2D eigenvalue weighted by Gasteiger charge is 2.27. The van der Waals surface area contributed by atoms with Gasteiger partial charge in [0, 0.05) is 6.42 Å². The molecular formula is C11H12N2O4S. The monoisotopic (exact) mass is 268 g/mol. The van der Waals surface area contributed by atoms with Gasteiger partial charge in [-0.2, -0.15) is 0 Å². The van der Waals surface area contributed by atoms with Gasteiger partial charge in [-0.1, -0.05) is 0 Å². The molecular weight excluding hydrogens is 256 g/mol. The maximum Gasteiger partial charge on any atom is 0.346 e. The van der Waals surface area contributed by atoms with Crippen molar-refractivity contribution in [1.29, 1.82) is 0 Å². The van der Waals surface area contributed by atoms with Crippen molar-refractivity contribution in [3.8, 4) is 0 Å². The summed E-state index contributed by atoms with van der Waals surface area (Å²) in [6, 6.07) is 1.09. The number of amides is 2. The lowest BCUT2D eigenvalue weighted by molar-refractivity contribution is -0.122. The molecule has 2 heterocycles. The van der Waals surface area contributed by atoms with E-state index >= 15 is 0 Å². The lowest BCUT2D eigenvalue weighted by Gasteiger charge is -2.08. The van der Waals surface area contributed by atoms with E-state index in [0.29, 0.717) is 23.4 Å². The summed E-state index contributed by atoms with van der Waals surface area (Å²) in [4.78, 5) is 33.8. The SMILES string of the molecule is Cc1cc(NC(=O)C2CCC(=O)N2)sc1C(=O)O. The Morgan fingerprint density at radius 1 is 1.56 bits per heavy atom. The quantitative estimate of drug-likeness (QED) is 0.761. The highest BCUT2D eigenvalue weighted by atomic mass is 32.1. The zero-order valence-corrected chi connectivity index (χ0v) is 10.5. The molecule has 1 saturated heterocycles. The minimum atomic E-state index is -1.01. The maximum absolute atomic E-state index is 11.8. The van der Waals surface area contributed by atoms with Gasteiger partial charge in [-0.3, -0.25) is 9.59 Å². The van der Waals surface area contributed by atoms with Crippen molar-refractivity contribution in [2.24, 2.45) is 0 Å². The Hall–Kier alpha value is -1.89. The Kier molecular flexibility index (Phi) is 3.33. The molecule has 1 atom stereocenters. The van der Waals surface area contributed by atoms with Crippen LogP contribution in [0.2, 0.25) is 0 Å². The highest BCUT2D eigenvalue weighted by Crippen LogP contribution is 2.27. The van der Waals surface area contributed by atoms with Gasteiger partial charge in [0.25, 0.3) is 0 Å². The van der Waals surface area contributed by atoms with E-state index < -0.39 is 12.0 Å². The van der Waals surface area contributed by atoms with Crippen LogP contribution in [0.3, 0.4) is 0 Å². The fourth-order valence-electron chi connectivity index (χ4n) is 1.78. The molecule has 1 aromatic heterocycles. The van der Waals surface area contributed by atoms with Gasteiger partial charge in [0.1, 0.15) is 10.9 Å². The van der Waals surface area contributed by atoms with E-state index in [1.807, 2.05) is 0 Å². The highest BCUT2D eigenvalue weighted by molar-refractivity contribution is 7.18. The Morgan fingerprint density at radius 3 is 2.78 bits per heavy atom. The molecule has 0 aliphatic carbocycles. The van der Waals surface area contributed by atoms with Gasteiger partial charge in [0.15, 0.2) is 0 Å². The van der Waals surface area contributed by atoms with Crippen LogP contribution in [0.5, 0.6) is 0 Å². The number of carboxylic acids is 1. The Morgan fingerprint density at radius 2 is 2.28 bits per heavy atom. The first-order chi connectivity index (χ1) is 8.47. The molecule has 2 rings (SSSR count). The fourth-order valence-corrected chi connectivity index (χ4v) is 2.69. The molecule has 2 amide bonds. The number of aryl methyl sites for hydroxylation is 1. The van der Waals surface area contributed by atoms with Crippen LogP contribution in [0.15, 0.2) is 6.07 Å². The second kappa shape index (κ2) is 4.77. The van der Waals surface area contributed by atoms with Crippen molar-refractivity contribution < 1.29 is 19.5 Å². The van der Waals surface area contributed by atoms with Crippen LogP contribution in [0.1, 0.15) is 28.1 Å². The number of hydrogen-bond donors (Lipinski definition) is 3. The Bertz CT molecular complexity index is 523. The molecule has 1 aliphatic heterocycles. The fraction of sp³-hybridized carbons (Fsp3) is 0.364. The molecule has 7 heteroatoms. The average Bonchev–Trinajstić information content (AvgIpc) is 2.85. The lowest BCUT2D eigenvalue weighted by Crippen LogP contribution is -2.37. The average molecular weight is 268 g/mol. The van der Waals surface area contributed by atoms with E-state index in [9.17, 15) is 14.4 Å². The van der Waals surface area contributed by atoms with Crippen LogP contribution >= 0.6 is 11.3 Å². The Balaban J connectivity index is 2.05. The molecule has 0 radical (unpaired) electrons. The normalized spacial score (nSPS) is 18.5. The minimum Gasteiger partial charge on any atom is -0.477 e. The summed E-state index contributed by atoms with van der Waals surface area (Å²) in [6.45, 7) is 1.67. The summed E-state index contributed by atoms with van der Waals surface area (Å²) < 4.78 is 0. The van der Waals surface area contributed by atoms with E-state index in [-0.39, 0.29) is 16.7 Å². The lowest BCUT2D eigenvalue weighted by atomic mass is 10.2. The van der Waals surface area contributed by atoms with E-state index in [1.165, 1.54) is 0 Å². The maximum atomic E-state index is 11.8. The topological polar surface area (TPSA) is 95.5 Å². The smallest absolute Gasteiger partial charge is 0.346 e. The third kappa shape index (κ3) is 2.51.